The zero-order valence-corrected chi connectivity index (χ0v) is 18.2. The first-order valence-electron chi connectivity index (χ1n) is 10.5. The number of aryl methyl sites for hydroxylation is 2. The summed E-state index contributed by atoms with van der Waals surface area (Å²) in [5.41, 5.74) is 5.63. The van der Waals surface area contributed by atoms with Gasteiger partial charge in [0.1, 0.15) is 5.69 Å². The molecule has 0 radical (unpaired) electrons. The minimum Gasteiger partial charge on any atom is -0.454 e. The second-order valence-corrected chi connectivity index (χ2v) is 8.08. The molecule has 0 bridgehead atoms. The summed E-state index contributed by atoms with van der Waals surface area (Å²) in [5.74, 6) is 2.44. The molecule has 5 nitrogen and oxygen atoms in total. The Morgan fingerprint density at radius 3 is 2.32 bits per heavy atom. The van der Waals surface area contributed by atoms with E-state index < -0.39 is 0 Å². The summed E-state index contributed by atoms with van der Waals surface area (Å²) < 4.78 is 11.0. The number of nitrogens with zero attached hydrogens (tertiary/aromatic N) is 3. The van der Waals surface area contributed by atoms with Gasteiger partial charge in [-0.2, -0.15) is 0 Å². The average Bonchev–Trinajstić information content (AvgIpc) is 3.26. The molecule has 0 aliphatic carbocycles. The molecular formula is C26H25N3O2. The molecule has 1 aliphatic heterocycles. The number of rotatable bonds is 4. The van der Waals surface area contributed by atoms with Crippen molar-refractivity contribution in [3.05, 3.63) is 77.4 Å². The third kappa shape index (κ3) is 3.26. The summed E-state index contributed by atoms with van der Waals surface area (Å²) in [6.07, 6.45) is 0. The van der Waals surface area contributed by atoms with E-state index in [9.17, 15) is 0 Å². The van der Waals surface area contributed by atoms with Crippen LogP contribution in [0.1, 0.15) is 29.7 Å². The number of hydrogen-bond donors (Lipinski definition) is 0. The lowest BCUT2D eigenvalue weighted by molar-refractivity contribution is 0.174. The fourth-order valence-corrected chi connectivity index (χ4v) is 4.30. The standard InChI is InChI=1S/C26H25N3O2/c1-16-8-7-9-17(2)24(16)25-20-10-5-6-11-21(20)26(28-27-25)29(4)18(3)19-12-13-22-23(14-19)31-15-30-22/h5-14,18H,15H2,1-4H3. The van der Waals surface area contributed by atoms with Gasteiger partial charge >= 0.3 is 0 Å². The van der Waals surface area contributed by atoms with Crippen molar-refractivity contribution in [2.75, 3.05) is 18.7 Å². The molecule has 31 heavy (non-hydrogen) atoms. The van der Waals surface area contributed by atoms with E-state index in [-0.39, 0.29) is 12.8 Å². The van der Waals surface area contributed by atoms with Crippen LogP contribution in [0.2, 0.25) is 0 Å². The second-order valence-electron chi connectivity index (χ2n) is 8.08. The second kappa shape index (κ2) is 7.58. The van der Waals surface area contributed by atoms with Crippen molar-refractivity contribution < 1.29 is 9.47 Å². The van der Waals surface area contributed by atoms with Gasteiger partial charge in [0.05, 0.1) is 6.04 Å². The Morgan fingerprint density at radius 1 is 0.839 bits per heavy atom. The summed E-state index contributed by atoms with van der Waals surface area (Å²) >= 11 is 0. The van der Waals surface area contributed by atoms with E-state index in [1.165, 1.54) is 11.1 Å². The monoisotopic (exact) mass is 411 g/mol. The van der Waals surface area contributed by atoms with Gasteiger partial charge in [-0.1, -0.05) is 48.5 Å². The molecule has 1 aromatic heterocycles. The lowest BCUT2D eigenvalue weighted by atomic mass is 9.96. The van der Waals surface area contributed by atoms with Crippen LogP contribution in [0.4, 0.5) is 5.82 Å². The summed E-state index contributed by atoms with van der Waals surface area (Å²) in [6.45, 7) is 6.69. The third-order valence-corrected chi connectivity index (χ3v) is 6.18. The van der Waals surface area contributed by atoms with E-state index in [1.54, 1.807) is 0 Å². The van der Waals surface area contributed by atoms with Gasteiger partial charge in [0.15, 0.2) is 17.3 Å². The van der Waals surface area contributed by atoms with Gasteiger partial charge < -0.3 is 14.4 Å². The first-order chi connectivity index (χ1) is 15.0. The SMILES string of the molecule is Cc1cccc(C)c1-c1nnc(N(C)C(C)c2ccc3c(c2)OCO3)c2ccccc12. The largest absolute Gasteiger partial charge is 0.454 e. The van der Waals surface area contributed by atoms with Crippen molar-refractivity contribution in [1.29, 1.82) is 0 Å². The molecule has 0 spiro atoms. The highest BCUT2D eigenvalue weighted by Gasteiger charge is 2.22. The zero-order chi connectivity index (χ0) is 21.5. The molecule has 1 unspecified atom stereocenters. The Morgan fingerprint density at radius 2 is 1.55 bits per heavy atom. The van der Waals surface area contributed by atoms with Gasteiger partial charge in [0, 0.05) is 23.4 Å². The molecule has 5 rings (SSSR count). The zero-order valence-electron chi connectivity index (χ0n) is 18.2. The van der Waals surface area contributed by atoms with Crippen LogP contribution >= 0.6 is 0 Å². The number of anilines is 1. The lowest BCUT2D eigenvalue weighted by Crippen LogP contribution is -2.23. The molecule has 0 fully saturated rings. The average molecular weight is 412 g/mol. The minimum absolute atomic E-state index is 0.0817. The van der Waals surface area contributed by atoms with Crippen LogP contribution in [0.25, 0.3) is 22.0 Å². The van der Waals surface area contributed by atoms with Crippen molar-refractivity contribution in [2.45, 2.75) is 26.8 Å². The van der Waals surface area contributed by atoms with Crippen LogP contribution in [-0.2, 0) is 0 Å². The predicted octanol–water partition coefficient (Wildman–Crippen LogP) is 5.84. The topological polar surface area (TPSA) is 47.5 Å². The van der Waals surface area contributed by atoms with Crippen LogP contribution in [0, 0.1) is 13.8 Å². The lowest BCUT2D eigenvalue weighted by Gasteiger charge is -2.27. The number of aromatic nitrogens is 2. The third-order valence-electron chi connectivity index (χ3n) is 6.18. The van der Waals surface area contributed by atoms with Gasteiger partial charge in [-0.3, -0.25) is 0 Å². The van der Waals surface area contributed by atoms with Gasteiger partial charge in [-0.15, -0.1) is 10.2 Å². The van der Waals surface area contributed by atoms with Gasteiger partial charge in [-0.25, -0.2) is 0 Å². The van der Waals surface area contributed by atoms with Crippen LogP contribution in [-0.4, -0.2) is 24.0 Å². The van der Waals surface area contributed by atoms with Crippen molar-refractivity contribution in [3.63, 3.8) is 0 Å². The van der Waals surface area contributed by atoms with E-state index in [2.05, 4.69) is 81.2 Å². The van der Waals surface area contributed by atoms with E-state index in [0.717, 1.165) is 44.9 Å². The molecule has 4 aromatic rings. The molecular weight excluding hydrogens is 386 g/mol. The molecule has 156 valence electrons. The van der Waals surface area contributed by atoms with Gasteiger partial charge in [-0.05, 0) is 49.6 Å². The summed E-state index contributed by atoms with van der Waals surface area (Å²) in [6, 6.07) is 20.9. The quantitative estimate of drug-likeness (QED) is 0.422. The van der Waals surface area contributed by atoms with Crippen molar-refractivity contribution in [3.8, 4) is 22.8 Å². The normalized spacial score (nSPS) is 13.4. The first kappa shape index (κ1) is 19.4. The van der Waals surface area contributed by atoms with Crippen molar-refractivity contribution >= 4 is 16.6 Å². The Kier molecular flexibility index (Phi) is 4.74. The molecule has 1 aliphatic rings. The number of ether oxygens (including phenoxy) is 2. The van der Waals surface area contributed by atoms with Crippen molar-refractivity contribution in [2.24, 2.45) is 0 Å². The smallest absolute Gasteiger partial charge is 0.231 e. The number of benzene rings is 3. The van der Waals surface area contributed by atoms with E-state index in [0.29, 0.717) is 0 Å². The highest BCUT2D eigenvalue weighted by atomic mass is 16.7. The number of fused-ring (bicyclic) bond motifs is 2. The fourth-order valence-electron chi connectivity index (χ4n) is 4.30. The molecule has 5 heteroatoms. The van der Waals surface area contributed by atoms with Crippen molar-refractivity contribution in [1.82, 2.24) is 10.2 Å². The van der Waals surface area contributed by atoms with Crippen LogP contribution in [0.15, 0.2) is 60.7 Å². The molecule has 0 N–H and O–H groups in total. The maximum Gasteiger partial charge on any atom is 0.231 e. The molecule has 0 saturated heterocycles. The summed E-state index contributed by atoms with van der Waals surface area (Å²) in [5, 5.41) is 11.6. The maximum atomic E-state index is 5.56. The van der Waals surface area contributed by atoms with E-state index in [1.807, 2.05) is 12.1 Å². The Bertz CT molecular complexity index is 1260. The summed E-state index contributed by atoms with van der Waals surface area (Å²) in [4.78, 5) is 2.17. The van der Waals surface area contributed by atoms with E-state index in [4.69, 9.17) is 19.7 Å². The molecule has 0 saturated carbocycles. The van der Waals surface area contributed by atoms with E-state index >= 15 is 0 Å². The van der Waals surface area contributed by atoms with Crippen LogP contribution < -0.4 is 14.4 Å². The Labute approximate surface area is 182 Å². The highest BCUT2D eigenvalue weighted by Crippen LogP contribution is 2.38. The predicted molar refractivity (Wildman–Crippen MR) is 124 cm³/mol. The summed E-state index contributed by atoms with van der Waals surface area (Å²) in [7, 11) is 2.06. The fraction of sp³-hybridized carbons (Fsp3) is 0.231. The Balaban J connectivity index is 1.60. The molecule has 3 aromatic carbocycles. The number of hydrogen-bond acceptors (Lipinski definition) is 5. The first-order valence-corrected chi connectivity index (χ1v) is 10.5. The highest BCUT2D eigenvalue weighted by molar-refractivity contribution is 6.01. The maximum absolute atomic E-state index is 5.56. The molecule has 0 amide bonds. The van der Waals surface area contributed by atoms with Gasteiger partial charge in [0.2, 0.25) is 6.79 Å². The minimum atomic E-state index is 0.0817. The Hall–Kier alpha value is -3.60. The molecule has 2 heterocycles. The van der Waals surface area contributed by atoms with Crippen LogP contribution in [0.3, 0.4) is 0 Å². The van der Waals surface area contributed by atoms with Crippen LogP contribution in [0.5, 0.6) is 11.5 Å². The van der Waals surface area contributed by atoms with Gasteiger partial charge in [0.25, 0.3) is 0 Å². The molecule has 1 atom stereocenters.